The Balaban J connectivity index is 1.99. The Hall–Kier alpha value is -1.33. The summed E-state index contributed by atoms with van der Waals surface area (Å²) in [7, 11) is 0. The van der Waals surface area contributed by atoms with Gasteiger partial charge in [-0.25, -0.2) is 0 Å². The predicted molar refractivity (Wildman–Crippen MR) is 61.0 cm³/mol. The molecule has 16 heavy (non-hydrogen) atoms. The van der Waals surface area contributed by atoms with Crippen LogP contribution in [0.5, 0.6) is 0 Å². The van der Waals surface area contributed by atoms with Gasteiger partial charge in [0.2, 0.25) is 5.89 Å². The number of aliphatic hydroxyl groups is 1. The van der Waals surface area contributed by atoms with E-state index < -0.39 is 0 Å². The normalized spacial score (nSPS) is 10.6. The highest BCUT2D eigenvalue weighted by Gasteiger charge is 2.03. The van der Waals surface area contributed by atoms with Gasteiger partial charge in [0, 0.05) is 11.8 Å². The number of aromatic nitrogens is 2. The van der Waals surface area contributed by atoms with Crippen molar-refractivity contribution in [1.29, 1.82) is 0 Å². The zero-order valence-electron chi connectivity index (χ0n) is 8.88. The molecule has 1 aromatic heterocycles. The number of hydrogen-bond acceptors (Lipinski definition) is 5. The molecule has 0 atom stereocenters. The number of rotatable bonds is 4. The second-order valence-corrected chi connectivity index (χ2v) is 4.37. The van der Waals surface area contributed by atoms with Crippen LogP contribution in [0.25, 0.3) is 0 Å². The minimum atomic E-state index is 0.0652. The maximum atomic E-state index is 9.00. The number of aliphatic hydroxyl groups excluding tert-OH is 1. The first-order valence-electron chi connectivity index (χ1n) is 4.90. The number of thioether (sulfide) groups is 1. The van der Waals surface area contributed by atoms with Gasteiger partial charge in [-0.3, -0.25) is 0 Å². The fourth-order valence-electron chi connectivity index (χ4n) is 1.28. The Morgan fingerprint density at radius 1 is 1.44 bits per heavy atom. The van der Waals surface area contributed by atoms with E-state index in [1.54, 1.807) is 18.7 Å². The van der Waals surface area contributed by atoms with Gasteiger partial charge in [-0.15, -0.1) is 11.8 Å². The summed E-state index contributed by atoms with van der Waals surface area (Å²) in [5.74, 6) is 1.95. The summed E-state index contributed by atoms with van der Waals surface area (Å²) in [6.45, 7) is 1.84. The van der Waals surface area contributed by atoms with Crippen molar-refractivity contribution in [3.05, 3.63) is 41.5 Å². The van der Waals surface area contributed by atoms with Crippen LogP contribution < -0.4 is 0 Å². The lowest BCUT2D eigenvalue weighted by atomic mass is 10.2. The van der Waals surface area contributed by atoms with Crippen LogP contribution in [0.15, 0.2) is 33.7 Å². The van der Waals surface area contributed by atoms with E-state index in [1.165, 1.54) is 0 Å². The molecule has 0 aliphatic heterocycles. The van der Waals surface area contributed by atoms with Gasteiger partial charge >= 0.3 is 0 Å². The van der Waals surface area contributed by atoms with Crippen molar-refractivity contribution in [3.8, 4) is 0 Å². The molecule has 0 aliphatic rings. The molecule has 0 aliphatic carbocycles. The van der Waals surface area contributed by atoms with Crippen LogP contribution in [0.1, 0.15) is 17.3 Å². The van der Waals surface area contributed by atoms with E-state index in [9.17, 15) is 0 Å². The molecule has 1 N–H and O–H groups in total. The minimum absolute atomic E-state index is 0.0652. The van der Waals surface area contributed by atoms with Gasteiger partial charge in [-0.1, -0.05) is 17.3 Å². The van der Waals surface area contributed by atoms with Gasteiger partial charge in [-0.05, 0) is 17.7 Å². The molecule has 2 rings (SSSR count). The number of benzene rings is 1. The molecule has 0 radical (unpaired) electrons. The number of nitrogens with zero attached hydrogens (tertiary/aromatic N) is 2. The number of aryl methyl sites for hydroxylation is 1. The molecule has 0 fully saturated rings. The second-order valence-electron chi connectivity index (χ2n) is 3.32. The molecule has 0 bridgehead atoms. The Labute approximate surface area is 97.7 Å². The minimum Gasteiger partial charge on any atom is -0.392 e. The molecular weight excluding hydrogens is 224 g/mol. The van der Waals surface area contributed by atoms with Crippen molar-refractivity contribution in [2.45, 2.75) is 24.2 Å². The molecule has 0 saturated heterocycles. The lowest BCUT2D eigenvalue weighted by molar-refractivity contribution is 0.281. The summed E-state index contributed by atoms with van der Waals surface area (Å²) in [6, 6.07) is 7.77. The second kappa shape index (κ2) is 5.14. The van der Waals surface area contributed by atoms with Crippen molar-refractivity contribution in [1.82, 2.24) is 10.1 Å². The van der Waals surface area contributed by atoms with Gasteiger partial charge < -0.3 is 9.63 Å². The fraction of sp³-hybridized carbons (Fsp3) is 0.273. The molecule has 1 aromatic carbocycles. The monoisotopic (exact) mass is 236 g/mol. The van der Waals surface area contributed by atoms with E-state index in [-0.39, 0.29) is 6.61 Å². The zero-order chi connectivity index (χ0) is 11.4. The van der Waals surface area contributed by atoms with Crippen molar-refractivity contribution >= 4 is 11.8 Å². The third-order valence-corrected chi connectivity index (χ3v) is 3.01. The average Bonchev–Trinajstić information content (AvgIpc) is 2.73. The molecule has 84 valence electrons. The maximum Gasteiger partial charge on any atom is 0.223 e. The van der Waals surface area contributed by atoms with Gasteiger partial charge in [0.15, 0.2) is 5.82 Å². The molecule has 0 amide bonds. The average molecular weight is 236 g/mol. The smallest absolute Gasteiger partial charge is 0.223 e. The first-order valence-corrected chi connectivity index (χ1v) is 5.88. The van der Waals surface area contributed by atoms with Gasteiger partial charge in [0.05, 0.1) is 12.4 Å². The Morgan fingerprint density at radius 3 is 3.00 bits per heavy atom. The fourth-order valence-corrected chi connectivity index (χ4v) is 2.10. The highest BCUT2D eigenvalue weighted by molar-refractivity contribution is 7.98. The van der Waals surface area contributed by atoms with Crippen LogP contribution >= 0.6 is 11.8 Å². The van der Waals surface area contributed by atoms with E-state index in [4.69, 9.17) is 9.63 Å². The first kappa shape index (κ1) is 11.2. The first-order chi connectivity index (χ1) is 7.78. The summed E-state index contributed by atoms with van der Waals surface area (Å²) in [6.07, 6.45) is 0. The Bertz CT molecular complexity index is 471. The molecule has 4 nitrogen and oxygen atoms in total. The summed E-state index contributed by atoms with van der Waals surface area (Å²) >= 11 is 1.62. The molecule has 0 saturated carbocycles. The summed E-state index contributed by atoms with van der Waals surface area (Å²) in [4.78, 5) is 5.21. The lowest BCUT2D eigenvalue weighted by Gasteiger charge is -2.00. The molecule has 5 heteroatoms. The van der Waals surface area contributed by atoms with Crippen molar-refractivity contribution < 1.29 is 9.63 Å². The van der Waals surface area contributed by atoms with Gasteiger partial charge in [0.1, 0.15) is 0 Å². The molecule has 1 heterocycles. The predicted octanol–water partition coefficient (Wildman–Crippen LogP) is 2.16. The third-order valence-electron chi connectivity index (χ3n) is 2.02. The van der Waals surface area contributed by atoms with Crippen LogP contribution in [-0.2, 0) is 12.4 Å². The van der Waals surface area contributed by atoms with E-state index in [0.717, 1.165) is 10.5 Å². The Morgan fingerprint density at radius 2 is 2.31 bits per heavy atom. The van der Waals surface area contributed by atoms with Crippen LogP contribution in [0.2, 0.25) is 0 Å². The van der Waals surface area contributed by atoms with Crippen LogP contribution in [0.4, 0.5) is 0 Å². The quantitative estimate of drug-likeness (QED) is 0.824. The third kappa shape index (κ3) is 2.84. The van der Waals surface area contributed by atoms with Crippen molar-refractivity contribution in [3.63, 3.8) is 0 Å². The van der Waals surface area contributed by atoms with E-state index in [0.29, 0.717) is 17.5 Å². The van der Waals surface area contributed by atoms with Gasteiger partial charge in [0.25, 0.3) is 0 Å². The highest BCUT2D eigenvalue weighted by Crippen LogP contribution is 2.22. The Kier molecular flexibility index (Phi) is 3.58. The van der Waals surface area contributed by atoms with Crippen LogP contribution in [0.3, 0.4) is 0 Å². The van der Waals surface area contributed by atoms with E-state index in [2.05, 4.69) is 10.1 Å². The van der Waals surface area contributed by atoms with Crippen LogP contribution in [0, 0.1) is 6.92 Å². The standard InChI is InChI=1S/C11H12N2O2S/c1-8-12-11(13-15-8)7-16-10-4-2-3-9(5-10)6-14/h2-5,14H,6-7H2,1H3. The summed E-state index contributed by atoms with van der Waals surface area (Å²) in [5.41, 5.74) is 0.911. The number of hydrogen-bond donors (Lipinski definition) is 1. The highest BCUT2D eigenvalue weighted by atomic mass is 32.2. The zero-order valence-corrected chi connectivity index (χ0v) is 9.70. The van der Waals surface area contributed by atoms with Crippen LogP contribution in [-0.4, -0.2) is 15.2 Å². The van der Waals surface area contributed by atoms with Gasteiger partial charge in [-0.2, -0.15) is 4.98 Å². The van der Waals surface area contributed by atoms with Crippen molar-refractivity contribution in [2.75, 3.05) is 0 Å². The van der Waals surface area contributed by atoms with Crippen molar-refractivity contribution in [2.24, 2.45) is 0 Å². The van der Waals surface area contributed by atoms with E-state index >= 15 is 0 Å². The molecular formula is C11H12N2O2S. The summed E-state index contributed by atoms with van der Waals surface area (Å²) in [5, 5.41) is 12.8. The SMILES string of the molecule is Cc1nc(CSc2cccc(CO)c2)no1. The molecule has 0 spiro atoms. The summed E-state index contributed by atoms with van der Waals surface area (Å²) < 4.78 is 4.88. The maximum absolute atomic E-state index is 9.00. The lowest BCUT2D eigenvalue weighted by Crippen LogP contribution is -1.86. The topological polar surface area (TPSA) is 59.2 Å². The molecule has 0 unspecified atom stereocenters. The molecule has 2 aromatic rings. The largest absolute Gasteiger partial charge is 0.392 e. The van der Waals surface area contributed by atoms with E-state index in [1.807, 2.05) is 24.3 Å².